The lowest BCUT2D eigenvalue weighted by molar-refractivity contribution is 0.549. The molecule has 0 aliphatic heterocycles. The monoisotopic (exact) mass is 384 g/mol. The van der Waals surface area contributed by atoms with Gasteiger partial charge in [0, 0.05) is 11.9 Å². The molecule has 2 aromatic rings. The summed E-state index contributed by atoms with van der Waals surface area (Å²) < 4.78 is 29.1. The number of nitrogens with one attached hydrogen (secondary N) is 1. The second-order valence-electron chi connectivity index (χ2n) is 3.79. The van der Waals surface area contributed by atoms with Crippen molar-refractivity contribution in [3.63, 3.8) is 0 Å². The third-order valence-electron chi connectivity index (χ3n) is 2.34. The lowest BCUT2D eigenvalue weighted by Crippen LogP contribution is -2.28. The summed E-state index contributed by atoms with van der Waals surface area (Å²) in [4.78, 5) is 0.833. The highest BCUT2D eigenvalue weighted by atomic mass is 79.9. The van der Waals surface area contributed by atoms with Crippen LogP contribution < -0.4 is 4.72 Å². The first-order chi connectivity index (χ1) is 8.81. The SMILES string of the molecule is CC(NS(=O)(=O)c1c(Br)nnn1C)c1ccc(Cl)s1. The maximum atomic E-state index is 12.3. The molecule has 0 spiro atoms. The Labute approximate surface area is 128 Å². The maximum absolute atomic E-state index is 12.3. The van der Waals surface area contributed by atoms with Gasteiger partial charge in [0.2, 0.25) is 5.03 Å². The van der Waals surface area contributed by atoms with Crippen molar-refractivity contribution in [2.75, 3.05) is 0 Å². The minimum absolute atomic E-state index is 0.0120. The Kier molecular flexibility index (Phi) is 4.31. The minimum Gasteiger partial charge on any atom is -0.235 e. The molecule has 2 aromatic heterocycles. The average molecular weight is 386 g/mol. The summed E-state index contributed by atoms with van der Waals surface area (Å²) in [7, 11) is -2.20. The summed E-state index contributed by atoms with van der Waals surface area (Å²) in [6, 6.07) is 3.13. The Bertz CT molecular complexity index is 677. The molecule has 19 heavy (non-hydrogen) atoms. The van der Waals surface area contributed by atoms with Crippen molar-refractivity contribution in [3.05, 3.63) is 25.9 Å². The third kappa shape index (κ3) is 3.16. The molecular weight excluding hydrogens is 376 g/mol. The van der Waals surface area contributed by atoms with Crippen LogP contribution in [0.15, 0.2) is 21.8 Å². The van der Waals surface area contributed by atoms with E-state index in [0.717, 1.165) is 4.88 Å². The first kappa shape index (κ1) is 14.9. The molecule has 0 bridgehead atoms. The highest BCUT2D eigenvalue weighted by Gasteiger charge is 2.26. The van der Waals surface area contributed by atoms with Crippen LogP contribution in [0, 0.1) is 0 Å². The zero-order valence-corrected chi connectivity index (χ0v) is 13.9. The Morgan fingerprint density at radius 3 is 2.68 bits per heavy atom. The van der Waals surface area contributed by atoms with Crippen LogP contribution in [0.2, 0.25) is 4.34 Å². The first-order valence-corrected chi connectivity index (χ1v) is 8.61. The molecule has 2 heterocycles. The van der Waals surface area contributed by atoms with Gasteiger partial charge < -0.3 is 0 Å². The Morgan fingerprint density at radius 2 is 2.21 bits per heavy atom. The van der Waals surface area contributed by atoms with Gasteiger partial charge >= 0.3 is 0 Å². The van der Waals surface area contributed by atoms with E-state index >= 15 is 0 Å². The average Bonchev–Trinajstić information content (AvgIpc) is 2.85. The largest absolute Gasteiger partial charge is 0.261 e. The van der Waals surface area contributed by atoms with Gasteiger partial charge in [-0.15, -0.1) is 16.4 Å². The molecule has 0 saturated carbocycles. The predicted octanol–water partition coefficient (Wildman–Crippen LogP) is 2.33. The summed E-state index contributed by atoms with van der Waals surface area (Å²) in [5.41, 5.74) is 0. The van der Waals surface area contributed by atoms with Gasteiger partial charge in [0.25, 0.3) is 10.0 Å². The van der Waals surface area contributed by atoms with Gasteiger partial charge in [0.1, 0.15) is 0 Å². The molecular formula is C9H10BrClN4O2S2. The zero-order chi connectivity index (χ0) is 14.2. The van der Waals surface area contributed by atoms with Gasteiger partial charge in [-0.05, 0) is 35.0 Å². The normalized spacial score (nSPS) is 13.7. The van der Waals surface area contributed by atoms with Gasteiger partial charge in [-0.3, -0.25) is 0 Å². The van der Waals surface area contributed by atoms with Crippen LogP contribution in [-0.2, 0) is 17.1 Å². The second-order valence-corrected chi connectivity index (χ2v) is 7.92. The number of halogens is 2. The number of hydrogen-bond acceptors (Lipinski definition) is 5. The standard InChI is InChI=1S/C9H10BrClN4O2S2/c1-5(6-3-4-7(11)18-6)13-19(16,17)9-8(10)12-14-15(9)2/h3-5,13H,1-2H3. The number of aromatic nitrogens is 3. The number of nitrogens with zero attached hydrogens (tertiary/aromatic N) is 3. The van der Waals surface area contributed by atoms with Crippen molar-refractivity contribution >= 4 is 48.9 Å². The Balaban J connectivity index is 2.27. The molecule has 10 heteroatoms. The van der Waals surface area contributed by atoms with E-state index in [-0.39, 0.29) is 15.7 Å². The summed E-state index contributed by atoms with van der Waals surface area (Å²) in [6.45, 7) is 1.75. The van der Waals surface area contributed by atoms with Crippen molar-refractivity contribution in [1.29, 1.82) is 0 Å². The molecule has 0 aliphatic rings. The van der Waals surface area contributed by atoms with Crippen molar-refractivity contribution in [2.24, 2.45) is 7.05 Å². The molecule has 1 atom stereocenters. The smallest absolute Gasteiger partial charge is 0.235 e. The minimum atomic E-state index is -3.71. The number of thiophene rings is 1. The molecule has 0 aromatic carbocycles. The van der Waals surface area contributed by atoms with Crippen molar-refractivity contribution < 1.29 is 8.42 Å². The van der Waals surface area contributed by atoms with Crippen LogP contribution >= 0.6 is 38.9 Å². The topological polar surface area (TPSA) is 76.9 Å². The zero-order valence-electron chi connectivity index (χ0n) is 9.96. The van der Waals surface area contributed by atoms with Gasteiger partial charge in [-0.2, -0.15) is 0 Å². The summed E-state index contributed by atoms with van der Waals surface area (Å²) in [5.74, 6) is 0. The fourth-order valence-corrected chi connectivity index (χ4v) is 4.97. The molecule has 0 fully saturated rings. The van der Waals surface area contributed by atoms with Gasteiger partial charge in [-0.1, -0.05) is 16.8 Å². The predicted molar refractivity (Wildman–Crippen MR) is 76.8 cm³/mol. The van der Waals surface area contributed by atoms with Gasteiger partial charge in [0.05, 0.1) is 10.4 Å². The van der Waals surface area contributed by atoms with E-state index in [1.165, 1.54) is 23.1 Å². The van der Waals surface area contributed by atoms with Gasteiger partial charge in [-0.25, -0.2) is 17.8 Å². The fraction of sp³-hybridized carbons (Fsp3) is 0.333. The number of aryl methyl sites for hydroxylation is 1. The Hall–Kier alpha value is -0.480. The summed E-state index contributed by atoms with van der Waals surface area (Å²) >= 11 is 10.2. The lowest BCUT2D eigenvalue weighted by atomic mass is 10.3. The van der Waals surface area contributed by atoms with Crippen LogP contribution in [0.4, 0.5) is 0 Å². The molecule has 1 N–H and O–H groups in total. The highest BCUT2D eigenvalue weighted by Crippen LogP contribution is 2.28. The van der Waals surface area contributed by atoms with E-state index in [4.69, 9.17) is 11.6 Å². The molecule has 0 amide bonds. The molecule has 0 radical (unpaired) electrons. The maximum Gasteiger partial charge on any atom is 0.261 e. The first-order valence-electron chi connectivity index (χ1n) is 5.14. The number of rotatable bonds is 4. The molecule has 0 saturated heterocycles. The molecule has 6 nitrogen and oxygen atoms in total. The van der Waals surface area contributed by atoms with Crippen LogP contribution in [0.1, 0.15) is 17.8 Å². The van der Waals surface area contributed by atoms with E-state index < -0.39 is 10.0 Å². The van der Waals surface area contributed by atoms with Crippen LogP contribution in [-0.4, -0.2) is 23.4 Å². The van der Waals surface area contributed by atoms with Crippen LogP contribution in [0.3, 0.4) is 0 Å². The number of sulfonamides is 1. The van der Waals surface area contributed by atoms with Crippen molar-refractivity contribution in [3.8, 4) is 0 Å². The molecule has 0 aliphatic carbocycles. The Morgan fingerprint density at radius 1 is 1.53 bits per heavy atom. The third-order valence-corrected chi connectivity index (χ3v) is 6.19. The molecule has 1 unspecified atom stereocenters. The second kappa shape index (κ2) is 5.49. The van der Waals surface area contributed by atoms with Crippen molar-refractivity contribution in [2.45, 2.75) is 18.0 Å². The quantitative estimate of drug-likeness (QED) is 0.876. The van der Waals surface area contributed by atoms with Crippen molar-refractivity contribution in [1.82, 2.24) is 19.7 Å². The fourth-order valence-electron chi connectivity index (χ4n) is 1.52. The van der Waals surface area contributed by atoms with Crippen LogP contribution in [0.25, 0.3) is 0 Å². The van der Waals surface area contributed by atoms with E-state index in [2.05, 4.69) is 31.0 Å². The van der Waals surface area contributed by atoms with E-state index in [9.17, 15) is 8.42 Å². The lowest BCUT2D eigenvalue weighted by Gasteiger charge is -2.12. The summed E-state index contributed by atoms with van der Waals surface area (Å²) in [5, 5.41) is 7.30. The summed E-state index contributed by atoms with van der Waals surface area (Å²) in [6.07, 6.45) is 0. The number of hydrogen-bond donors (Lipinski definition) is 1. The highest BCUT2D eigenvalue weighted by molar-refractivity contribution is 9.10. The molecule has 2 rings (SSSR count). The van der Waals surface area contributed by atoms with E-state index in [0.29, 0.717) is 4.34 Å². The molecule has 104 valence electrons. The van der Waals surface area contributed by atoms with Crippen LogP contribution in [0.5, 0.6) is 0 Å². The van der Waals surface area contributed by atoms with E-state index in [1.807, 2.05) is 0 Å². The van der Waals surface area contributed by atoms with Gasteiger partial charge in [0.15, 0.2) is 4.60 Å². The van der Waals surface area contributed by atoms with E-state index in [1.54, 1.807) is 19.1 Å².